The van der Waals surface area contributed by atoms with Crippen molar-refractivity contribution < 1.29 is 14.3 Å². The van der Waals surface area contributed by atoms with E-state index in [1.54, 1.807) is 11.8 Å². The summed E-state index contributed by atoms with van der Waals surface area (Å²) in [5.74, 6) is 2.05. The van der Waals surface area contributed by atoms with Gasteiger partial charge in [-0.1, -0.05) is 108 Å². The Kier molecular flexibility index (Phi) is 14.7. The molecule has 0 radical (unpaired) electrons. The number of para-hydroxylation sites is 3. The normalized spacial score (nSPS) is 12.6. The number of thioether (sulfide) groups is 1. The second-order valence-corrected chi connectivity index (χ2v) is 10.9. The van der Waals surface area contributed by atoms with Gasteiger partial charge in [0.15, 0.2) is 18.1 Å². The van der Waals surface area contributed by atoms with Gasteiger partial charge in [0.1, 0.15) is 0 Å². The van der Waals surface area contributed by atoms with Crippen LogP contribution < -0.4 is 14.8 Å². The molecule has 0 spiro atoms. The van der Waals surface area contributed by atoms with E-state index in [0.29, 0.717) is 18.1 Å². The quantitative estimate of drug-likeness (QED) is 0.171. The number of carbonyl (C=O) groups is 1. The zero-order chi connectivity index (χ0) is 26.7. The van der Waals surface area contributed by atoms with Crippen molar-refractivity contribution in [2.75, 3.05) is 24.4 Å². The highest BCUT2D eigenvalue weighted by atomic mass is 32.2. The highest BCUT2D eigenvalue weighted by molar-refractivity contribution is 8.02. The third kappa shape index (κ3) is 11.8. The van der Waals surface area contributed by atoms with Crippen molar-refractivity contribution in [1.82, 2.24) is 4.90 Å². The summed E-state index contributed by atoms with van der Waals surface area (Å²) in [5, 5.41) is 5.10. The SMILES string of the molecule is CCCCCCCCCCCCCCOc1ccccc1OCC(=O)Nc1ccccc1CN1C=CSC1. The summed E-state index contributed by atoms with van der Waals surface area (Å²) in [6.45, 7) is 3.64. The predicted octanol–water partition coefficient (Wildman–Crippen LogP) is 8.76. The third-order valence-corrected chi connectivity index (χ3v) is 7.53. The number of carbonyl (C=O) groups excluding carboxylic acids is 1. The van der Waals surface area contributed by atoms with Crippen LogP contribution in [0.25, 0.3) is 0 Å². The van der Waals surface area contributed by atoms with Crippen LogP contribution in [-0.4, -0.2) is 29.9 Å². The molecule has 5 nitrogen and oxygen atoms in total. The standard InChI is InChI=1S/C32H46N2O3S/c1-2-3-4-5-6-7-8-9-10-11-12-17-23-36-30-20-15-16-21-31(30)37-26-32(35)33-29-19-14-13-18-28(29)25-34-22-24-38-27-34/h13-16,18-22,24H,2-12,17,23,25-27H2,1H3,(H,33,35). The minimum absolute atomic E-state index is 0.0627. The summed E-state index contributed by atoms with van der Waals surface area (Å²) in [4.78, 5) is 14.9. The van der Waals surface area contributed by atoms with Crippen LogP contribution in [0.3, 0.4) is 0 Å². The second kappa shape index (κ2) is 18.6. The molecule has 1 N–H and O–H groups in total. The minimum atomic E-state index is -0.181. The van der Waals surface area contributed by atoms with Gasteiger partial charge in [0.2, 0.25) is 0 Å². The van der Waals surface area contributed by atoms with Crippen molar-refractivity contribution in [2.45, 2.75) is 90.5 Å². The molecule has 38 heavy (non-hydrogen) atoms. The molecule has 0 bridgehead atoms. The number of hydrogen-bond donors (Lipinski definition) is 1. The van der Waals surface area contributed by atoms with E-state index in [4.69, 9.17) is 9.47 Å². The number of hydrogen-bond acceptors (Lipinski definition) is 5. The van der Waals surface area contributed by atoms with E-state index >= 15 is 0 Å². The van der Waals surface area contributed by atoms with Gasteiger partial charge in [0, 0.05) is 18.4 Å². The van der Waals surface area contributed by atoms with Crippen LogP contribution in [0.15, 0.2) is 60.1 Å². The lowest BCUT2D eigenvalue weighted by Crippen LogP contribution is -2.22. The highest BCUT2D eigenvalue weighted by Crippen LogP contribution is 2.27. The monoisotopic (exact) mass is 538 g/mol. The van der Waals surface area contributed by atoms with Gasteiger partial charge in [-0.05, 0) is 35.6 Å². The Bertz CT molecular complexity index is 965. The number of nitrogens with zero attached hydrogens (tertiary/aromatic N) is 1. The topological polar surface area (TPSA) is 50.8 Å². The molecule has 1 aliphatic rings. The molecule has 0 saturated heterocycles. The third-order valence-electron chi connectivity index (χ3n) is 6.74. The molecular formula is C32H46N2O3S. The molecule has 6 heteroatoms. The fourth-order valence-electron chi connectivity index (χ4n) is 4.55. The molecule has 0 atom stereocenters. The van der Waals surface area contributed by atoms with Crippen molar-refractivity contribution in [3.8, 4) is 11.5 Å². The number of anilines is 1. The summed E-state index contributed by atoms with van der Waals surface area (Å²) in [5.41, 5.74) is 1.90. The van der Waals surface area contributed by atoms with Gasteiger partial charge >= 0.3 is 0 Å². The Morgan fingerprint density at radius 1 is 0.816 bits per heavy atom. The lowest BCUT2D eigenvalue weighted by Gasteiger charge is -2.18. The molecular weight excluding hydrogens is 492 g/mol. The van der Waals surface area contributed by atoms with Crippen LogP contribution in [0.4, 0.5) is 5.69 Å². The number of unbranched alkanes of at least 4 members (excludes halogenated alkanes) is 11. The van der Waals surface area contributed by atoms with E-state index in [9.17, 15) is 4.79 Å². The molecule has 0 aromatic heterocycles. The maximum atomic E-state index is 12.7. The van der Waals surface area contributed by atoms with Gasteiger partial charge < -0.3 is 19.7 Å². The fourth-order valence-corrected chi connectivity index (χ4v) is 5.26. The molecule has 1 heterocycles. The van der Waals surface area contributed by atoms with Crippen LogP contribution in [0.1, 0.15) is 89.5 Å². The van der Waals surface area contributed by atoms with Crippen LogP contribution in [0, 0.1) is 0 Å². The fraction of sp³-hybridized carbons (Fsp3) is 0.531. The maximum absolute atomic E-state index is 12.7. The van der Waals surface area contributed by atoms with E-state index < -0.39 is 0 Å². The second-order valence-electron chi connectivity index (χ2n) is 10.0. The number of ether oxygens (including phenoxy) is 2. The summed E-state index contributed by atoms with van der Waals surface area (Å²) in [6, 6.07) is 15.5. The number of rotatable bonds is 20. The van der Waals surface area contributed by atoms with Gasteiger partial charge in [0.25, 0.3) is 5.91 Å². The number of amides is 1. The van der Waals surface area contributed by atoms with E-state index in [2.05, 4.69) is 28.7 Å². The van der Waals surface area contributed by atoms with Gasteiger partial charge in [-0.25, -0.2) is 0 Å². The first kappa shape index (κ1) is 29.9. The van der Waals surface area contributed by atoms with Crippen LogP contribution in [0.5, 0.6) is 11.5 Å². The van der Waals surface area contributed by atoms with E-state index in [1.807, 2.05) is 48.5 Å². The van der Waals surface area contributed by atoms with Gasteiger partial charge in [-0.15, -0.1) is 11.8 Å². The van der Waals surface area contributed by atoms with E-state index in [-0.39, 0.29) is 12.5 Å². The zero-order valence-electron chi connectivity index (χ0n) is 23.2. The van der Waals surface area contributed by atoms with Crippen molar-refractivity contribution >= 4 is 23.4 Å². The van der Waals surface area contributed by atoms with Crippen LogP contribution in [-0.2, 0) is 11.3 Å². The maximum Gasteiger partial charge on any atom is 0.262 e. The number of nitrogens with one attached hydrogen (secondary N) is 1. The predicted molar refractivity (Wildman–Crippen MR) is 161 cm³/mol. The average molecular weight is 539 g/mol. The van der Waals surface area contributed by atoms with Crippen LogP contribution in [0.2, 0.25) is 0 Å². The van der Waals surface area contributed by atoms with Crippen molar-refractivity contribution in [1.29, 1.82) is 0 Å². The smallest absolute Gasteiger partial charge is 0.262 e. The van der Waals surface area contributed by atoms with E-state index in [0.717, 1.165) is 30.1 Å². The molecule has 0 saturated carbocycles. The minimum Gasteiger partial charge on any atom is -0.490 e. The lowest BCUT2D eigenvalue weighted by atomic mass is 10.1. The summed E-state index contributed by atoms with van der Waals surface area (Å²) >= 11 is 1.77. The van der Waals surface area contributed by atoms with Crippen molar-refractivity contribution in [2.24, 2.45) is 0 Å². The largest absolute Gasteiger partial charge is 0.490 e. The molecule has 2 aromatic carbocycles. The number of benzene rings is 2. The Labute approximate surface area is 234 Å². The van der Waals surface area contributed by atoms with Gasteiger partial charge in [-0.3, -0.25) is 4.79 Å². The average Bonchev–Trinajstić information content (AvgIpc) is 3.45. The zero-order valence-corrected chi connectivity index (χ0v) is 24.0. The summed E-state index contributed by atoms with van der Waals surface area (Å²) < 4.78 is 11.8. The van der Waals surface area contributed by atoms with E-state index in [1.165, 1.54) is 70.6 Å². The van der Waals surface area contributed by atoms with Crippen LogP contribution >= 0.6 is 11.8 Å². The summed E-state index contributed by atoms with van der Waals surface area (Å²) in [6.07, 6.45) is 17.9. The molecule has 1 aliphatic heterocycles. The molecule has 3 rings (SSSR count). The van der Waals surface area contributed by atoms with Crippen molar-refractivity contribution in [3.63, 3.8) is 0 Å². The Hall–Kier alpha value is -2.60. The van der Waals surface area contributed by atoms with Gasteiger partial charge in [0.05, 0.1) is 12.5 Å². The molecule has 0 aliphatic carbocycles. The summed E-state index contributed by atoms with van der Waals surface area (Å²) in [7, 11) is 0. The van der Waals surface area contributed by atoms with Crippen molar-refractivity contribution in [3.05, 3.63) is 65.7 Å². The Morgan fingerprint density at radius 3 is 2.08 bits per heavy atom. The first-order chi connectivity index (χ1) is 18.8. The van der Waals surface area contributed by atoms with Gasteiger partial charge in [-0.2, -0.15) is 0 Å². The first-order valence-corrected chi connectivity index (χ1v) is 15.6. The molecule has 208 valence electrons. The lowest BCUT2D eigenvalue weighted by molar-refractivity contribution is -0.118. The highest BCUT2D eigenvalue weighted by Gasteiger charge is 2.12. The molecule has 1 amide bonds. The molecule has 0 fully saturated rings. The molecule has 0 unspecified atom stereocenters. The Balaban J connectivity index is 1.30. The Morgan fingerprint density at radius 2 is 1.42 bits per heavy atom. The molecule has 2 aromatic rings. The first-order valence-electron chi connectivity index (χ1n) is 14.5.